The molecule has 2 nitrogen and oxygen atoms in total. The normalized spacial score (nSPS) is 13.0. The zero-order valence-corrected chi connectivity index (χ0v) is 23.1. The van der Waals surface area contributed by atoms with Crippen molar-refractivity contribution in [1.82, 2.24) is 0 Å². The third kappa shape index (κ3) is 4.74. The Morgan fingerprint density at radius 2 is 1.02 bits per heavy atom. The summed E-state index contributed by atoms with van der Waals surface area (Å²) in [7, 11) is 0. The van der Waals surface area contributed by atoms with Gasteiger partial charge in [-0.1, -0.05) is 104 Å². The van der Waals surface area contributed by atoms with E-state index < -0.39 is 6.04 Å². The minimum absolute atomic E-state index is 0.659. The summed E-state index contributed by atoms with van der Waals surface area (Å²) in [5.74, 6) is 0. The van der Waals surface area contributed by atoms with E-state index in [0.29, 0.717) is 0 Å². The van der Waals surface area contributed by atoms with Gasteiger partial charge in [-0.05, 0) is 114 Å². The van der Waals surface area contributed by atoms with Gasteiger partial charge in [-0.15, -0.1) is 0 Å². The van der Waals surface area contributed by atoms with Crippen LogP contribution in [0.25, 0.3) is 65.7 Å². The first-order chi connectivity index (χ1) is 20.0. The first-order valence-corrected chi connectivity index (χ1v) is 13.8. The van der Waals surface area contributed by atoms with E-state index in [4.69, 9.17) is 11.0 Å². The highest BCUT2D eigenvalue weighted by atomic mass is 14.6. The predicted octanol–water partition coefficient (Wildman–Crippen LogP) is 9.93. The van der Waals surface area contributed by atoms with Crippen LogP contribution in [0.5, 0.6) is 0 Å². The molecule has 0 aromatic heterocycles. The molecule has 2 heteroatoms. The van der Waals surface area contributed by atoms with Crippen molar-refractivity contribution in [2.45, 2.75) is 13.0 Å². The molecule has 41 heavy (non-hydrogen) atoms. The summed E-state index contributed by atoms with van der Waals surface area (Å²) >= 11 is 0. The summed E-state index contributed by atoms with van der Waals surface area (Å²) < 4.78 is 0. The van der Waals surface area contributed by atoms with Crippen LogP contribution in [0.15, 0.2) is 135 Å². The van der Waals surface area contributed by atoms with Gasteiger partial charge in [0.25, 0.3) is 0 Å². The monoisotopic (exact) mass is 526 g/mol. The third-order valence-corrected chi connectivity index (χ3v) is 7.90. The van der Waals surface area contributed by atoms with Crippen molar-refractivity contribution in [2.75, 3.05) is 0 Å². The second-order valence-corrected chi connectivity index (χ2v) is 10.3. The molecular weight excluding hydrogens is 496 g/mol. The molecule has 196 valence electrons. The van der Waals surface area contributed by atoms with E-state index in [-0.39, 0.29) is 0 Å². The topological polar surface area (TPSA) is 49.8 Å². The number of hydrogen-bond donors (Lipinski definition) is 1. The van der Waals surface area contributed by atoms with Crippen molar-refractivity contribution in [2.24, 2.45) is 5.73 Å². The van der Waals surface area contributed by atoms with Gasteiger partial charge in [0.1, 0.15) is 6.04 Å². The molecule has 0 saturated carbocycles. The molecule has 1 unspecified atom stereocenters. The van der Waals surface area contributed by atoms with Crippen LogP contribution in [0.3, 0.4) is 0 Å². The molecule has 0 fully saturated rings. The summed E-state index contributed by atoms with van der Waals surface area (Å²) in [5.41, 5.74) is 14.7. The maximum atomic E-state index is 9.07. The van der Waals surface area contributed by atoms with E-state index in [1.54, 1.807) is 12.2 Å². The van der Waals surface area contributed by atoms with E-state index in [9.17, 15) is 0 Å². The van der Waals surface area contributed by atoms with Crippen LogP contribution < -0.4 is 5.73 Å². The van der Waals surface area contributed by atoms with Gasteiger partial charge in [0.05, 0.1) is 6.07 Å². The maximum absolute atomic E-state index is 9.07. The second kappa shape index (κ2) is 10.7. The average molecular weight is 527 g/mol. The molecule has 6 aromatic carbocycles. The summed E-state index contributed by atoms with van der Waals surface area (Å²) in [6.07, 6.45) is 7.46. The Kier molecular flexibility index (Phi) is 6.81. The highest BCUT2D eigenvalue weighted by Crippen LogP contribution is 2.39. The zero-order chi connectivity index (χ0) is 28.5. The second-order valence-electron chi connectivity index (χ2n) is 10.3. The fourth-order valence-corrected chi connectivity index (χ4v) is 5.80. The van der Waals surface area contributed by atoms with Crippen molar-refractivity contribution in [3.8, 4) is 28.3 Å². The highest BCUT2D eigenvalue weighted by molar-refractivity contribution is 6.24. The average Bonchev–Trinajstić information content (AvgIpc) is 3.03. The number of allylic oxidation sites excluding steroid dienone is 5. The van der Waals surface area contributed by atoms with E-state index in [0.717, 1.165) is 22.3 Å². The largest absolute Gasteiger partial charge is 0.313 e. The fourth-order valence-electron chi connectivity index (χ4n) is 5.80. The van der Waals surface area contributed by atoms with Gasteiger partial charge in [-0.25, -0.2) is 0 Å². The smallest absolute Gasteiger partial charge is 0.112 e. The van der Waals surface area contributed by atoms with E-state index in [1.807, 2.05) is 19.1 Å². The van der Waals surface area contributed by atoms with Crippen molar-refractivity contribution < 1.29 is 0 Å². The summed E-state index contributed by atoms with van der Waals surface area (Å²) in [4.78, 5) is 0. The summed E-state index contributed by atoms with van der Waals surface area (Å²) in [6, 6.07) is 36.6. The van der Waals surface area contributed by atoms with Gasteiger partial charge in [-0.2, -0.15) is 5.26 Å². The van der Waals surface area contributed by atoms with Crippen LogP contribution in [0.1, 0.15) is 18.1 Å². The minimum atomic E-state index is -0.659. The lowest BCUT2D eigenvalue weighted by Crippen LogP contribution is -2.13. The lowest BCUT2D eigenvalue weighted by molar-refractivity contribution is 1.04. The Morgan fingerprint density at radius 3 is 1.37 bits per heavy atom. The fraction of sp³-hybridized carbons (Fsp3) is 0.0513. The molecule has 0 spiro atoms. The molecule has 2 N–H and O–H groups in total. The molecule has 0 saturated heterocycles. The maximum Gasteiger partial charge on any atom is 0.112 e. The number of nitrogens with zero attached hydrogens (tertiary/aromatic N) is 1. The van der Waals surface area contributed by atoms with Gasteiger partial charge in [0, 0.05) is 0 Å². The number of rotatable bonds is 7. The molecule has 0 radical (unpaired) electrons. The van der Waals surface area contributed by atoms with Crippen molar-refractivity contribution in [1.29, 1.82) is 5.26 Å². The SMILES string of the molecule is C=C/C(=C\C)c1ccc(-c2cc3ccc4cc(-c5ccc(/C(C=C)=C/C(N)C#N)cc5)cc5ccc(c2)c3c45)cc1. The molecule has 0 bridgehead atoms. The molecule has 0 aliphatic heterocycles. The molecule has 6 aromatic rings. The van der Waals surface area contributed by atoms with E-state index >= 15 is 0 Å². The predicted molar refractivity (Wildman–Crippen MR) is 177 cm³/mol. The van der Waals surface area contributed by atoms with Crippen molar-refractivity contribution >= 4 is 43.5 Å². The van der Waals surface area contributed by atoms with Crippen molar-refractivity contribution in [3.63, 3.8) is 0 Å². The lowest BCUT2D eigenvalue weighted by atomic mass is 9.89. The van der Waals surface area contributed by atoms with Crippen LogP contribution in [-0.2, 0) is 0 Å². The van der Waals surface area contributed by atoms with Crippen LogP contribution >= 0.6 is 0 Å². The van der Waals surface area contributed by atoms with E-state index in [2.05, 4.69) is 116 Å². The van der Waals surface area contributed by atoms with Gasteiger partial charge in [0.15, 0.2) is 0 Å². The van der Waals surface area contributed by atoms with Gasteiger partial charge >= 0.3 is 0 Å². The summed E-state index contributed by atoms with van der Waals surface area (Å²) in [6.45, 7) is 9.85. The minimum Gasteiger partial charge on any atom is -0.313 e. The Bertz CT molecular complexity index is 1960. The Labute approximate surface area is 241 Å². The van der Waals surface area contributed by atoms with Gasteiger partial charge < -0.3 is 5.73 Å². The lowest BCUT2D eigenvalue weighted by Gasteiger charge is -2.15. The number of benzene rings is 6. The molecule has 0 aliphatic rings. The van der Waals surface area contributed by atoms with Crippen LogP contribution in [-0.4, -0.2) is 6.04 Å². The highest BCUT2D eigenvalue weighted by Gasteiger charge is 2.13. The molecule has 1 atom stereocenters. The Balaban J connectivity index is 1.39. The van der Waals surface area contributed by atoms with Gasteiger partial charge in [0.2, 0.25) is 0 Å². The number of hydrogen-bond acceptors (Lipinski definition) is 2. The Morgan fingerprint density at radius 1 is 0.634 bits per heavy atom. The standard InChI is InChI=1S/C39H30N2/c1-4-25(5-2)27-7-11-29(12-8-27)35-19-31-15-17-33-21-36(22-34-18-16-32(20-35)38(31)39(33)34)30-13-9-28(10-14-30)26(6-3)23-37(41)24-40/h4-23,37H,1,3,41H2,2H3/b25-5+,26-23+. The molecule has 0 aliphatic carbocycles. The quantitative estimate of drug-likeness (QED) is 0.166. The number of nitrogens with two attached hydrogens (primary N) is 1. The molecule has 0 amide bonds. The molecule has 0 heterocycles. The first kappa shape index (κ1) is 26.0. The number of nitriles is 1. The zero-order valence-electron chi connectivity index (χ0n) is 23.1. The van der Waals surface area contributed by atoms with Crippen molar-refractivity contribution in [3.05, 3.63) is 146 Å². The van der Waals surface area contributed by atoms with E-state index in [1.165, 1.54) is 54.6 Å². The Hall–Kier alpha value is -5.23. The van der Waals surface area contributed by atoms with Crippen LogP contribution in [0.4, 0.5) is 0 Å². The third-order valence-electron chi connectivity index (χ3n) is 7.90. The molecular formula is C39H30N2. The van der Waals surface area contributed by atoms with Crippen LogP contribution in [0.2, 0.25) is 0 Å². The summed E-state index contributed by atoms with van der Waals surface area (Å²) in [5, 5.41) is 16.6. The van der Waals surface area contributed by atoms with Crippen LogP contribution in [0, 0.1) is 11.3 Å². The van der Waals surface area contributed by atoms with Gasteiger partial charge in [-0.3, -0.25) is 0 Å². The first-order valence-electron chi connectivity index (χ1n) is 13.8. The molecule has 6 rings (SSSR count).